The van der Waals surface area contributed by atoms with Crippen molar-refractivity contribution in [2.45, 2.75) is 25.4 Å². The third-order valence-electron chi connectivity index (χ3n) is 3.76. The van der Waals surface area contributed by atoms with Crippen LogP contribution in [0.2, 0.25) is 0 Å². The number of nitrogens with zero attached hydrogens (tertiary/aromatic N) is 1. The van der Waals surface area contributed by atoms with Gasteiger partial charge < -0.3 is 10.1 Å². The Bertz CT molecular complexity index is 434. The molecule has 19 heavy (non-hydrogen) atoms. The molecule has 0 saturated carbocycles. The van der Waals surface area contributed by atoms with Crippen molar-refractivity contribution >= 4 is 5.97 Å². The first kappa shape index (κ1) is 14.0. The highest BCUT2D eigenvalue weighted by molar-refractivity contribution is 5.72. The van der Waals surface area contributed by atoms with Crippen molar-refractivity contribution in [2.75, 3.05) is 27.2 Å². The molecule has 1 N–H and O–H groups in total. The fourth-order valence-corrected chi connectivity index (χ4v) is 2.56. The molecule has 1 fully saturated rings. The summed E-state index contributed by atoms with van der Waals surface area (Å²) in [5.74, 6) is -0.179. The van der Waals surface area contributed by atoms with Crippen molar-refractivity contribution in [1.82, 2.24) is 10.2 Å². The lowest BCUT2D eigenvalue weighted by molar-refractivity contribution is -0.139. The predicted octanol–water partition coefficient (Wildman–Crippen LogP) is 1.20. The van der Waals surface area contributed by atoms with E-state index < -0.39 is 0 Å². The summed E-state index contributed by atoms with van der Waals surface area (Å²) >= 11 is 0. The van der Waals surface area contributed by atoms with Crippen LogP contribution in [0.3, 0.4) is 0 Å². The minimum atomic E-state index is -0.179. The van der Waals surface area contributed by atoms with Crippen LogP contribution in [0.1, 0.15) is 17.5 Å². The van der Waals surface area contributed by atoms with E-state index in [0.29, 0.717) is 12.5 Å². The van der Waals surface area contributed by atoms with E-state index in [1.165, 1.54) is 19.1 Å². The van der Waals surface area contributed by atoms with Crippen molar-refractivity contribution in [3.05, 3.63) is 35.4 Å². The molecule has 1 unspecified atom stereocenters. The summed E-state index contributed by atoms with van der Waals surface area (Å²) in [5, 5.41) is 3.32. The van der Waals surface area contributed by atoms with Crippen LogP contribution in [0.5, 0.6) is 0 Å². The summed E-state index contributed by atoms with van der Waals surface area (Å²) in [6, 6.07) is 8.71. The maximum absolute atomic E-state index is 11.4. The Morgan fingerprint density at radius 3 is 2.79 bits per heavy atom. The molecule has 1 heterocycles. The number of nitrogens with one attached hydrogen (secondary N) is 1. The van der Waals surface area contributed by atoms with Crippen molar-refractivity contribution in [1.29, 1.82) is 0 Å². The molecule has 0 bridgehead atoms. The molecular weight excluding hydrogens is 240 g/mol. The largest absolute Gasteiger partial charge is 0.469 e. The van der Waals surface area contributed by atoms with Gasteiger partial charge in [0.25, 0.3) is 0 Å². The molecule has 1 aromatic rings. The molecule has 0 amide bonds. The summed E-state index contributed by atoms with van der Waals surface area (Å²) in [5.41, 5.74) is 2.30. The fraction of sp³-hybridized carbons (Fsp3) is 0.533. The molecule has 4 heteroatoms. The SMILES string of the molecule is CNC1CCN(Cc2ccccc2CC(=O)OC)C1. The highest BCUT2D eigenvalue weighted by atomic mass is 16.5. The number of hydrogen-bond donors (Lipinski definition) is 1. The standard InChI is InChI=1S/C15H22N2O2/c1-16-14-7-8-17(11-14)10-13-6-4-3-5-12(13)9-15(18)19-2/h3-6,14,16H,7-11H2,1-2H3. The van der Waals surface area contributed by atoms with E-state index in [-0.39, 0.29) is 5.97 Å². The number of hydrogen-bond acceptors (Lipinski definition) is 4. The lowest BCUT2D eigenvalue weighted by Gasteiger charge is -2.18. The fourth-order valence-electron chi connectivity index (χ4n) is 2.56. The zero-order chi connectivity index (χ0) is 13.7. The summed E-state index contributed by atoms with van der Waals surface area (Å²) < 4.78 is 4.75. The second-order valence-corrected chi connectivity index (χ2v) is 5.03. The first-order valence-corrected chi connectivity index (χ1v) is 6.76. The number of methoxy groups -OCH3 is 1. The molecular formula is C15H22N2O2. The van der Waals surface area contributed by atoms with E-state index >= 15 is 0 Å². The average molecular weight is 262 g/mol. The van der Waals surface area contributed by atoms with Crippen LogP contribution in [0.25, 0.3) is 0 Å². The second kappa shape index (κ2) is 6.68. The summed E-state index contributed by atoms with van der Waals surface area (Å²) in [6.45, 7) is 3.09. The predicted molar refractivity (Wildman–Crippen MR) is 74.9 cm³/mol. The number of ether oxygens (including phenoxy) is 1. The zero-order valence-electron chi connectivity index (χ0n) is 11.7. The number of esters is 1. The molecule has 0 spiro atoms. The van der Waals surface area contributed by atoms with Gasteiger partial charge in [0.2, 0.25) is 0 Å². The van der Waals surface area contributed by atoms with Crippen LogP contribution >= 0.6 is 0 Å². The van der Waals surface area contributed by atoms with Gasteiger partial charge in [0.1, 0.15) is 0 Å². The average Bonchev–Trinajstić information content (AvgIpc) is 2.88. The summed E-state index contributed by atoms with van der Waals surface area (Å²) in [7, 11) is 3.45. The molecule has 0 aliphatic carbocycles. The molecule has 0 aromatic heterocycles. The monoisotopic (exact) mass is 262 g/mol. The number of benzene rings is 1. The minimum absolute atomic E-state index is 0.179. The highest BCUT2D eigenvalue weighted by Gasteiger charge is 2.21. The van der Waals surface area contributed by atoms with Gasteiger partial charge in [-0.25, -0.2) is 0 Å². The lowest BCUT2D eigenvalue weighted by Crippen LogP contribution is -2.29. The van der Waals surface area contributed by atoms with E-state index in [2.05, 4.69) is 16.3 Å². The van der Waals surface area contributed by atoms with Gasteiger partial charge in [-0.05, 0) is 24.6 Å². The van der Waals surface area contributed by atoms with Gasteiger partial charge in [-0.1, -0.05) is 24.3 Å². The van der Waals surface area contributed by atoms with E-state index in [0.717, 1.165) is 25.2 Å². The van der Waals surface area contributed by atoms with E-state index in [4.69, 9.17) is 4.74 Å². The maximum atomic E-state index is 11.4. The molecule has 4 nitrogen and oxygen atoms in total. The van der Waals surface area contributed by atoms with E-state index in [1.807, 2.05) is 25.2 Å². The number of carbonyl (C=O) groups is 1. The molecule has 1 atom stereocenters. The topological polar surface area (TPSA) is 41.6 Å². The summed E-state index contributed by atoms with van der Waals surface area (Å²) in [6.07, 6.45) is 1.55. The molecule has 1 saturated heterocycles. The highest BCUT2D eigenvalue weighted by Crippen LogP contribution is 2.17. The summed E-state index contributed by atoms with van der Waals surface area (Å²) in [4.78, 5) is 13.9. The number of carbonyl (C=O) groups excluding carboxylic acids is 1. The van der Waals surface area contributed by atoms with Crippen LogP contribution in [0, 0.1) is 0 Å². The quantitative estimate of drug-likeness (QED) is 0.810. The van der Waals surface area contributed by atoms with Gasteiger partial charge >= 0.3 is 5.97 Å². The van der Waals surface area contributed by atoms with Gasteiger partial charge in [-0.3, -0.25) is 9.69 Å². The Kier molecular flexibility index (Phi) is 4.93. The molecule has 0 radical (unpaired) electrons. The lowest BCUT2D eigenvalue weighted by atomic mass is 10.0. The van der Waals surface area contributed by atoms with Gasteiger partial charge in [-0.15, -0.1) is 0 Å². The first-order valence-electron chi connectivity index (χ1n) is 6.76. The molecule has 1 aromatic carbocycles. The van der Waals surface area contributed by atoms with Gasteiger partial charge in [0, 0.05) is 25.7 Å². The third kappa shape index (κ3) is 3.78. The van der Waals surface area contributed by atoms with Crippen LogP contribution in [-0.4, -0.2) is 44.2 Å². The van der Waals surface area contributed by atoms with Crippen molar-refractivity contribution in [3.8, 4) is 0 Å². The zero-order valence-corrected chi connectivity index (χ0v) is 11.7. The Balaban J connectivity index is 2.01. The maximum Gasteiger partial charge on any atom is 0.309 e. The van der Waals surface area contributed by atoms with E-state index in [1.54, 1.807) is 0 Å². The normalized spacial score (nSPS) is 19.6. The smallest absolute Gasteiger partial charge is 0.309 e. The van der Waals surface area contributed by atoms with Crippen LogP contribution < -0.4 is 5.32 Å². The van der Waals surface area contributed by atoms with Crippen LogP contribution in [0.15, 0.2) is 24.3 Å². The molecule has 1 aliphatic heterocycles. The first-order chi connectivity index (χ1) is 9.22. The van der Waals surface area contributed by atoms with Crippen LogP contribution in [-0.2, 0) is 22.5 Å². The molecule has 1 aliphatic rings. The Morgan fingerprint density at radius 2 is 2.16 bits per heavy atom. The molecule has 2 rings (SSSR count). The van der Waals surface area contributed by atoms with Gasteiger partial charge in [-0.2, -0.15) is 0 Å². The van der Waals surface area contributed by atoms with Gasteiger partial charge in [0.15, 0.2) is 0 Å². The third-order valence-corrected chi connectivity index (χ3v) is 3.76. The van der Waals surface area contributed by atoms with Gasteiger partial charge in [0.05, 0.1) is 13.5 Å². The van der Waals surface area contributed by atoms with Crippen molar-refractivity contribution in [2.24, 2.45) is 0 Å². The van der Waals surface area contributed by atoms with Crippen molar-refractivity contribution < 1.29 is 9.53 Å². The van der Waals surface area contributed by atoms with E-state index in [9.17, 15) is 4.79 Å². The minimum Gasteiger partial charge on any atom is -0.469 e. The number of rotatable bonds is 5. The Labute approximate surface area is 114 Å². The number of likely N-dealkylation sites (tertiary alicyclic amines) is 1. The second-order valence-electron chi connectivity index (χ2n) is 5.03. The number of likely N-dealkylation sites (N-methyl/N-ethyl adjacent to an activating group) is 1. The van der Waals surface area contributed by atoms with Crippen LogP contribution in [0.4, 0.5) is 0 Å². The van der Waals surface area contributed by atoms with Crippen molar-refractivity contribution in [3.63, 3.8) is 0 Å². The Morgan fingerprint density at radius 1 is 1.42 bits per heavy atom. The Hall–Kier alpha value is -1.39. The molecule has 104 valence electrons.